The molecule has 2 aliphatic heterocycles. The number of nitrogens with two attached hydrogens (primary N) is 1. The van der Waals surface area contributed by atoms with E-state index in [1.807, 2.05) is 25.1 Å². The predicted octanol–water partition coefficient (Wildman–Crippen LogP) is 2.61. The summed E-state index contributed by atoms with van der Waals surface area (Å²) in [6.07, 6.45) is 6.25. The second-order valence-electron chi connectivity index (χ2n) is 9.91. The molecule has 0 radical (unpaired) electrons. The van der Waals surface area contributed by atoms with Crippen molar-refractivity contribution in [2.75, 3.05) is 34.6 Å². The zero-order valence-corrected chi connectivity index (χ0v) is 22.5. The number of likely N-dealkylation sites (tertiary alicyclic amines) is 1. The van der Waals surface area contributed by atoms with Crippen molar-refractivity contribution in [3.8, 4) is 0 Å². The summed E-state index contributed by atoms with van der Waals surface area (Å²) >= 11 is -2.51. The fourth-order valence-corrected chi connectivity index (χ4v) is 6.33. The molecule has 12 heteroatoms. The first-order valence-electron chi connectivity index (χ1n) is 13.1. The molecule has 0 spiro atoms. The molecule has 2 aromatic heterocycles. The molecule has 1 unspecified atom stereocenters. The molecular weight excluding hydrogens is 520 g/mol. The molecule has 1 amide bonds. The number of aliphatic carboxylic acids is 1. The molecule has 0 saturated carbocycles. The van der Waals surface area contributed by atoms with Crippen LogP contribution in [-0.2, 0) is 33.7 Å². The van der Waals surface area contributed by atoms with E-state index in [0.717, 1.165) is 58.0 Å². The second-order valence-corrected chi connectivity index (χ2v) is 10.8. The molecule has 4 heterocycles. The van der Waals surface area contributed by atoms with Crippen LogP contribution in [0.25, 0.3) is 10.8 Å². The van der Waals surface area contributed by atoms with Crippen LogP contribution in [0.15, 0.2) is 42.7 Å². The molecule has 2 aliphatic rings. The Balaban J connectivity index is 1.39. The van der Waals surface area contributed by atoms with Crippen molar-refractivity contribution in [3.63, 3.8) is 0 Å². The molecule has 0 aliphatic carbocycles. The summed E-state index contributed by atoms with van der Waals surface area (Å²) in [7, 11) is 0. The number of fused-ring (bicyclic) bond motifs is 1. The van der Waals surface area contributed by atoms with Crippen LogP contribution in [0.4, 0.5) is 17.3 Å². The van der Waals surface area contributed by atoms with Gasteiger partial charge in [-0.05, 0) is 66.5 Å². The van der Waals surface area contributed by atoms with E-state index in [4.69, 9.17) is 5.73 Å². The van der Waals surface area contributed by atoms with Crippen LogP contribution in [0.2, 0.25) is 0 Å². The van der Waals surface area contributed by atoms with Gasteiger partial charge in [0.2, 0.25) is 5.91 Å². The maximum atomic E-state index is 13.6. The number of pyridine rings is 2. The Morgan fingerprint density at radius 3 is 2.59 bits per heavy atom. The number of carboxylic acid groups (broad SMARTS) is 1. The lowest BCUT2D eigenvalue weighted by Gasteiger charge is -2.29. The van der Waals surface area contributed by atoms with E-state index in [9.17, 15) is 23.5 Å². The highest BCUT2D eigenvalue weighted by molar-refractivity contribution is 7.80. The summed E-state index contributed by atoms with van der Waals surface area (Å²) in [6.45, 7) is 3.95. The lowest BCUT2D eigenvalue weighted by molar-refractivity contribution is -0.148. The third-order valence-electron chi connectivity index (χ3n) is 7.65. The standard InChI is InChI=1S/C27H32N6O5S/c1-2-17-14-21-18(7-9-29-25(21)28)13-19(17)15-23(27(35)36)32-12-8-22(26(32)34)33(39(37)38)20-5-6-24(30-16-20)31-10-3-4-11-31/h5-7,9,13-14,16,22-23H,2-4,8,10-12,15H2,1H3,(H2,28,29)(H,35,36)(H,37,38)/t22-,23+/m0/s1. The van der Waals surface area contributed by atoms with Crippen molar-refractivity contribution in [1.29, 1.82) is 0 Å². The number of hydrogen-bond donors (Lipinski definition) is 3. The second kappa shape index (κ2) is 11.1. The monoisotopic (exact) mass is 552 g/mol. The number of carboxylic acids is 1. The summed E-state index contributed by atoms with van der Waals surface area (Å²) in [5.74, 6) is -0.444. The van der Waals surface area contributed by atoms with Gasteiger partial charge in [0.1, 0.15) is 23.7 Å². The number of aryl methyl sites for hydroxylation is 1. The minimum atomic E-state index is -2.51. The molecule has 3 aromatic rings. The predicted molar refractivity (Wildman–Crippen MR) is 150 cm³/mol. The van der Waals surface area contributed by atoms with Gasteiger partial charge in [0.05, 0.1) is 11.9 Å². The number of benzene rings is 1. The summed E-state index contributed by atoms with van der Waals surface area (Å²) < 4.78 is 23.7. The van der Waals surface area contributed by atoms with Crippen molar-refractivity contribution in [3.05, 3.63) is 53.9 Å². The summed E-state index contributed by atoms with van der Waals surface area (Å²) in [5.41, 5.74) is 8.11. The highest BCUT2D eigenvalue weighted by atomic mass is 32.2. The molecule has 5 rings (SSSR count). The first-order valence-corrected chi connectivity index (χ1v) is 14.1. The quantitative estimate of drug-likeness (QED) is 0.340. The number of carbonyl (C=O) groups excluding carboxylic acids is 1. The Bertz CT molecular complexity index is 1410. The van der Waals surface area contributed by atoms with Gasteiger partial charge >= 0.3 is 5.97 Å². The highest BCUT2D eigenvalue weighted by Gasteiger charge is 2.43. The van der Waals surface area contributed by atoms with Crippen LogP contribution in [0, 0.1) is 0 Å². The molecule has 3 atom stereocenters. The van der Waals surface area contributed by atoms with Crippen molar-refractivity contribution in [2.24, 2.45) is 0 Å². The van der Waals surface area contributed by atoms with Gasteiger partial charge in [-0.2, -0.15) is 0 Å². The Morgan fingerprint density at radius 1 is 1.18 bits per heavy atom. The van der Waals surface area contributed by atoms with Gasteiger partial charge in [-0.25, -0.2) is 19.0 Å². The summed E-state index contributed by atoms with van der Waals surface area (Å²) in [5, 5.41) is 11.8. The number of amides is 1. The minimum Gasteiger partial charge on any atom is -0.480 e. The number of carbonyl (C=O) groups is 2. The Labute approximate surface area is 229 Å². The zero-order chi connectivity index (χ0) is 27.7. The number of nitrogens with zero attached hydrogens (tertiary/aromatic N) is 5. The van der Waals surface area contributed by atoms with Crippen LogP contribution in [0.1, 0.15) is 37.3 Å². The lowest BCUT2D eigenvalue weighted by atomic mass is 9.94. The average Bonchev–Trinajstić information content (AvgIpc) is 3.58. The van der Waals surface area contributed by atoms with Crippen molar-refractivity contribution in [1.82, 2.24) is 14.9 Å². The van der Waals surface area contributed by atoms with Gasteiger partial charge in [0.15, 0.2) is 0 Å². The smallest absolute Gasteiger partial charge is 0.326 e. The Hall–Kier alpha value is -3.77. The SMILES string of the molecule is CCc1cc2c(N)nccc2cc1C[C@H](C(=O)O)N1CC[C@H](N(c2ccc(N3CCCC3)nc2)S(=O)O)C1=O. The van der Waals surface area contributed by atoms with E-state index in [1.54, 1.807) is 18.3 Å². The van der Waals surface area contributed by atoms with E-state index >= 15 is 0 Å². The van der Waals surface area contributed by atoms with Gasteiger partial charge in [-0.1, -0.05) is 13.0 Å². The Kier molecular flexibility index (Phi) is 7.67. The largest absolute Gasteiger partial charge is 0.480 e. The van der Waals surface area contributed by atoms with Crippen LogP contribution >= 0.6 is 0 Å². The fourth-order valence-electron chi connectivity index (χ4n) is 5.63. The third-order valence-corrected chi connectivity index (χ3v) is 8.45. The molecule has 39 heavy (non-hydrogen) atoms. The van der Waals surface area contributed by atoms with Gasteiger partial charge in [-0.15, -0.1) is 0 Å². The number of rotatable bonds is 9. The van der Waals surface area contributed by atoms with Crippen LogP contribution in [-0.4, -0.2) is 72.3 Å². The average molecular weight is 553 g/mol. The van der Waals surface area contributed by atoms with Crippen molar-refractivity contribution in [2.45, 2.75) is 51.1 Å². The molecule has 206 valence electrons. The third kappa shape index (κ3) is 5.26. The van der Waals surface area contributed by atoms with E-state index in [1.165, 1.54) is 11.1 Å². The summed E-state index contributed by atoms with van der Waals surface area (Å²) in [4.78, 5) is 38.1. The molecule has 4 N–H and O–H groups in total. The molecular formula is C27H32N6O5S. The number of nitrogen functional groups attached to an aromatic ring is 1. The van der Waals surface area contributed by atoms with Gasteiger partial charge in [0.25, 0.3) is 11.3 Å². The first kappa shape index (κ1) is 26.8. The number of hydrogen-bond acceptors (Lipinski definition) is 7. The topological polar surface area (TPSA) is 153 Å². The fraction of sp³-hybridized carbons (Fsp3) is 0.407. The van der Waals surface area contributed by atoms with Gasteiger partial charge in [-0.3, -0.25) is 13.7 Å². The Morgan fingerprint density at radius 2 is 1.95 bits per heavy atom. The number of anilines is 3. The molecule has 2 saturated heterocycles. The van der Waals surface area contributed by atoms with Crippen LogP contribution in [0.3, 0.4) is 0 Å². The van der Waals surface area contributed by atoms with E-state index in [-0.39, 0.29) is 19.4 Å². The highest BCUT2D eigenvalue weighted by Crippen LogP contribution is 2.30. The lowest BCUT2D eigenvalue weighted by Crippen LogP contribution is -2.48. The van der Waals surface area contributed by atoms with Gasteiger partial charge < -0.3 is 20.6 Å². The van der Waals surface area contributed by atoms with Crippen LogP contribution in [0.5, 0.6) is 0 Å². The number of aromatic nitrogens is 2. The van der Waals surface area contributed by atoms with Crippen molar-refractivity contribution < 1.29 is 23.5 Å². The van der Waals surface area contributed by atoms with E-state index in [0.29, 0.717) is 17.9 Å². The molecule has 0 bridgehead atoms. The normalized spacial score (nSPS) is 19.0. The zero-order valence-electron chi connectivity index (χ0n) is 21.7. The minimum absolute atomic E-state index is 0.101. The summed E-state index contributed by atoms with van der Waals surface area (Å²) in [6, 6.07) is 7.01. The van der Waals surface area contributed by atoms with Crippen molar-refractivity contribution >= 4 is 51.2 Å². The molecule has 11 nitrogen and oxygen atoms in total. The molecule has 2 fully saturated rings. The molecule has 1 aromatic carbocycles. The maximum Gasteiger partial charge on any atom is 0.326 e. The van der Waals surface area contributed by atoms with E-state index in [2.05, 4.69) is 14.9 Å². The maximum absolute atomic E-state index is 13.6. The van der Waals surface area contributed by atoms with Gasteiger partial charge in [0, 0.05) is 37.6 Å². The first-order chi connectivity index (χ1) is 18.8. The van der Waals surface area contributed by atoms with Crippen LogP contribution < -0.4 is 14.9 Å². The van der Waals surface area contributed by atoms with E-state index < -0.39 is 35.2 Å².